The summed E-state index contributed by atoms with van der Waals surface area (Å²) in [5, 5.41) is 0. The highest BCUT2D eigenvalue weighted by atomic mass is 79.9. The van der Waals surface area contributed by atoms with Crippen LogP contribution in [-0.2, 0) is 15.3 Å². The number of methoxy groups -OCH3 is 3. The van der Waals surface area contributed by atoms with E-state index in [9.17, 15) is 4.79 Å². The first-order valence-electron chi connectivity index (χ1n) is 6.35. The minimum atomic E-state index is -0.566. The number of rotatable bonds is 8. The van der Waals surface area contributed by atoms with Crippen molar-refractivity contribution in [1.29, 1.82) is 0 Å². The first-order chi connectivity index (χ1) is 10.0. The van der Waals surface area contributed by atoms with Gasteiger partial charge in [0.05, 0.1) is 25.8 Å². The Morgan fingerprint density at radius 1 is 1.29 bits per heavy atom. The van der Waals surface area contributed by atoms with E-state index in [-0.39, 0.29) is 5.97 Å². The van der Waals surface area contributed by atoms with Gasteiger partial charge in [0.25, 0.3) is 0 Å². The molecule has 1 aromatic rings. The van der Waals surface area contributed by atoms with Crippen molar-refractivity contribution in [1.82, 2.24) is 0 Å². The lowest BCUT2D eigenvalue weighted by Crippen LogP contribution is -2.31. The fraction of sp³-hybridized carbons (Fsp3) is 0.500. The average molecular weight is 378 g/mol. The lowest BCUT2D eigenvalue weighted by Gasteiger charge is -2.13. The van der Waals surface area contributed by atoms with Gasteiger partial charge < -0.3 is 19.9 Å². The van der Waals surface area contributed by atoms with Gasteiger partial charge in [-0.15, -0.1) is 0 Å². The van der Waals surface area contributed by atoms with Crippen LogP contribution in [0.5, 0.6) is 11.5 Å². The second-order valence-electron chi connectivity index (χ2n) is 4.27. The Balaban J connectivity index is 2.57. The van der Waals surface area contributed by atoms with Crippen molar-refractivity contribution in [3.63, 3.8) is 0 Å². The smallest absolute Gasteiger partial charge is 0.322 e. The normalized spacial score (nSPS) is 11.9. The second kappa shape index (κ2) is 9.17. The molecule has 1 unspecified atom stereocenters. The van der Waals surface area contributed by atoms with Crippen LogP contribution in [0.4, 0.5) is 0 Å². The van der Waals surface area contributed by atoms with Crippen LogP contribution in [0.2, 0.25) is 0 Å². The molecule has 0 bridgehead atoms. The molecule has 0 aliphatic rings. The molecule has 118 valence electrons. The topological polar surface area (TPSA) is 70.8 Å². The number of halogens is 1. The highest BCUT2D eigenvalue weighted by molar-refractivity contribution is 9.10. The summed E-state index contributed by atoms with van der Waals surface area (Å²) in [7, 11) is 4.60. The van der Waals surface area contributed by atoms with Gasteiger partial charge in [-0.25, -0.2) is 0 Å². The van der Waals surface area contributed by atoms with Crippen LogP contribution < -0.4 is 15.2 Å². The van der Waals surface area contributed by atoms with Crippen molar-refractivity contribution < 1.29 is 19.0 Å². The van der Waals surface area contributed by atoms with Crippen LogP contribution in [0.15, 0.2) is 16.6 Å². The number of nitrogens with two attached hydrogens (primary N) is 1. The minimum absolute atomic E-state index is 0.376. The summed E-state index contributed by atoms with van der Waals surface area (Å²) in [6, 6.07) is 3.26. The van der Waals surface area contributed by atoms with Crippen LogP contribution in [-0.4, -0.2) is 39.1 Å². The number of esters is 1. The molecule has 1 aromatic carbocycles. The van der Waals surface area contributed by atoms with Gasteiger partial charge in [-0.3, -0.25) is 4.79 Å². The van der Waals surface area contributed by atoms with Crippen molar-refractivity contribution >= 4 is 33.7 Å². The number of hydrogen-bond acceptors (Lipinski definition) is 6. The number of benzene rings is 1. The van der Waals surface area contributed by atoms with Crippen molar-refractivity contribution in [2.45, 2.75) is 18.2 Å². The standard InChI is InChI=1S/C14H20BrNO4S/c1-18-12-7-10(15)13(19-2)6-9(12)8-21-5-4-11(16)14(17)20-3/h6-7,11H,4-5,8,16H2,1-3H3. The molecule has 0 aromatic heterocycles. The number of hydrogen-bond donors (Lipinski definition) is 1. The maximum absolute atomic E-state index is 11.2. The molecule has 21 heavy (non-hydrogen) atoms. The van der Waals surface area contributed by atoms with Crippen LogP contribution in [0.25, 0.3) is 0 Å². The van der Waals surface area contributed by atoms with Crippen LogP contribution in [0.1, 0.15) is 12.0 Å². The largest absolute Gasteiger partial charge is 0.496 e. The Morgan fingerprint density at radius 2 is 1.95 bits per heavy atom. The molecular weight excluding hydrogens is 358 g/mol. The number of ether oxygens (including phenoxy) is 3. The van der Waals surface area contributed by atoms with Crippen molar-refractivity contribution in [3.05, 3.63) is 22.2 Å². The Hall–Kier alpha value is -0.920. The van der Waals surface area contributed by atoms with Crippen molar-refractivity contribution in [2.24, 2.45) is 5.73 Å². The fourth-order valence-corrected chi connectivity index (χ4v) is 3.19. The van der Waals surface area contributed by atoms with Crippen molar-refractivity contribution in [2.75, 3.05) is 27.1 Å². The Labute approximate surface area is 137 Å². The summed E-state index contributed by atoms with van der Waals surface area (Å²) < 4.78 is 16.1. The molecule has 0 amide bonds. The quantitative estimate of drug-likeness (QED) is 0.554. The van der Waals surface area contributed by atoms with E-state index in [1.54, 1.807) is 26.0 Å². The third kappa shape index (κ3) is 5.41. The zero-order valence-electron chi connectivity index (χ0n) is 12.3. The van der Waals surface area contributed by atoms with E-state index in [1.165, 1.54) is 7.11 Å². The van der Waals surface area contributed by atoms with Gasteiger partial charge in [0, 0.05) is 11.3 Å². The molecule has 5 nitrogen and oxygen atoms in total. The zero-order chi connectivity index (χ0) is 15.8. The van der Waals surface area contributed by atoms with E-state index < -0.39 is 6.04 Å². The van der Waals surface area contributed by atoms with Gasteiger partial charge >= 0.3 is 5.97 Å². The predicted molar refractivity (Wildman–Crippen MR) is 88.0 cm³/mol. The van der Waals surface area contributed by atoms with Crippen LogP contribution in [0, 0.1) is 0 Å². The van der Waals surface area contributed by atoms with E-state index in [2.05, 4.69) is 20.7 Å². The van der Waals surface area contributed by atoms with E-state index in [0.717, 1.165) is 33.0 Å². The molecule has 0 saturated heterocycles. The third-order valence-corrected chi connectivity index (χ3v) is 4.55. The SMILES string of the molecule is COC(=O)C(N)CCSCc1cc(OC)c(Br)cc1OC. The van der Waals surface area contributed by atoms with E-state index in [0.29, 0.717) is 6.42 Å². The first kappa shape index (κ1) is 18.1. The Kier molecular flexibility index (Phi) is 7.92. The van der Waals surface area contributed by atoms with Crippen LogP contribution in [0.3, 0.4) is 0 Å². The maximum Gasteiger partial charge on any atom is 0.322 e. The molecule has 1 rings (SSSR count). The van der Waals surface area contributed by atoms with Crippen molar-refractivity contribution in [3.8, 4) is 11.5 Å². The number of thioether (sulfide) groups is 1. The molecule has 7 heteroatoms. The lowest BCUT2D eigenvalue weighted by molar-refractivity contribution is -0.142. The average Bonchev–Trinajstić information content (AvgIpc) is 2.50. The molecule has 0 radical (unpaired) electrons. The van der Waals surface area contributed by atoms with Gasteiger partial charge in [0.2, 0.25) is 0 Å². The van der Waals surface area contributed by atoms with Gasteiger partial charge in [-0.1, -0.05) is 0 Å². The molecule has 1 atom stereocenters. The summed E-state index contributed by atoms with van der Waals surface area (Å²) in [5.74, 6) is 2.70. The van der Waals surface area contributed by atoms with Crippen LogP contribution >= 0.6 is 27.7 Å². The van der Waals surface area contributed by atoms with Gasteiger partial charge in [-0.2, -0.15) is 11.8 Å². The lowest BCUT2D eigenvalue weighted by atomic mass is 10.2. The second-order valence-corrected chi connectivity index (χ2v) is 6.23. The summed E-state index contributed by atoms with van der Waals surface area (Å²) in [4.78, 5) is 11.2. The molecule has 0 heterocycles. The molecule has 2 N–H and O–H groups in total. The molecule has 0 aliphatic heterocycles. The highest BCUT2D eigenvalue weighted by Crippen LogP contribution is 2.34. The van der Waals surface area contributed by atoms with Gasteiger partial charge in [-0.05, 0) is 40.2 Å². The predicted octanol–water partition coefficient (Wildman–Crippen LogP) is 2.59. The summed E-state index contributed by atoms with van der Waals surface area (Å²) in [5.41, 5.74) is 6.73. The number of carbonyl (C=O) groups is 1. The monoisotopic (exact) mass is 377 g/mol. The van der Waals surface area contributed by atoms with E-state index in [1.807, 2.05) is 12.1 Å². The third-order valence-electron chi connectivity index (χ3n) is 2.89. The van der Waals surface area contributed by atoms with E-state index >= 15 is 0 Å². The fourth-order valence-electron chi connectivity index (χ4n) is 1.70. The van der Waals surface area contributed by atoms with Gasteiger partial charge in [0.1, 0.15) is 17.5 Å². The molecule has 0 saturated carbocycles. The summed E-state index contributed by atoms with van der Waals surface area (Å²) in [6.45, 7) is 0. The first-order valence-corrected chi connectivity index (χ1v) is 8.29. The van der Waals surface area contributed by atoms with E-state index in [4.69, 9.17) is 15.2 Å². The Morgan fingerprint density at radius 3 is 2.52 bits per heavy atom. The zero-order valence-corrected chi connectivity index (χ0v) is 14.8. The molecule has 0 spiro atoms. The maximum atomic E-state index is 11.2. The molecule has 0 aliphatic carbocycles. The summed E-state index contributed by atoms with van der Waals surface area (Å²) >= 11 is 5.11. The Bertz CT molecular complexity index is 484. The molecule has 0 fully saturated rings. The minimum Gasteiger partial charge on any atom is -0.496 e. The molecular formula is C14H20BrNO4S. The highest BCUT2D eigenvalue weighted by Gasteiger charge is 2.14. The summed E-state index contributed by atoms with van der Waals surface area (Å²) in [6.07, 6.45) is 0.577. The van der Waals surface area contributed by atoms with Gasteiger partial charge in [0.15, 0.2) is 0 Å². The number of carbonyl (C=O) groups excluding carboxylic acids is 1.